The first kappa shape index (κ1) is 22.6. The van der Waals surface area contributed by atoms with Gasteiger partial charge in [0.2, 0.25) is 0 Å². The number of thiophene rings is 1. The van der Waals surface area contributed by atoms with Crippen LogP contribution in [-0.2, 0) is 17.6 Å². The summed E-state index contributed by atoms with van der Waals surface area (Å²) in [7, 11) is 3.12. The molecule has 0 saturated carbocycles. The van der Waals surface area contributed by atoms with Crippen molar-refractivity contribution in [2.24, 2.45) is 11.0 Å². The maximum atomic E-state index is 12.5. The van der Waals surface area contributed by atoms with Gasteiger partial charge in [-0.3, -0.25) is 5.32 Å². The number of nitrogens with zero attached hydrogens (tertiary/aromatic N) is 1. The molecule has 0 fully saturated rings. The molecule has 0 spiro atoms. The van der Waals surface area contributed by atoms with E-state index in [2.05, 4.69) is 22.8 Å². The second-order valence-corrected chi connectivity index (χ2v) is 8.31. The minimum Gasteiger partial charge on any atom is -0.497 e. The molecule has 1 unspecified atom stereocenters. The van der Waals surface area contributed by atoms with E-state index < -0.39 is 12.0 Å². The third-order valence-corrected chi connectivity index (χ3v) is 6.19. The molecule has 2 amide bonds. The number of carbonyl (C=O) groups excluding carboxylic acids is 2. The quantitative estimate of drug-likeness (QED) is 0.378. The van der Waals surface area contributed by atoms with Gasteiger partial charge in [0, 0.05) is 10.4 Å². The fraction of sp³-hybridized carbons (Fsp3) is 0.409. The Kier molecular flexibility index (Phi) is 7.51. The number of ether oxygens (including phenoxy) is 3. The molecule has 1 aliphatic rings. The van der Waals surface area contributed by atoms with Crippen molar-refractivity contribution in [3.63, 3.8) is 0 Å². The summed E-state index contributed by atoms with van der Waals surface area (Å²) in [5.74, 6) is 1.38. The molecule has 1 aliphatic carbocycles. The fourth-order valence-electron chi connectivity index (χ4n) is 3.49. The number of anilines is 1. The number of hydrogen-bond donors (Lipinski definition) is 2. The van der Waals surface area contributed by atoms with Crippen LogP contribution in [0.1, 0.15) is 46.6 Å². The van der Waals surface area contributed by atoms with E-state index in [9.17, 15) is 9.59 Å². The smallest absolute Gasteiger partial charge is 0.341 e. The zero-order valence-corrected chi connectivity index (χ0v) is 18.9. The Morgan fingerprint density at radius 1 is 1.29 bits per heavy atom. The molecular weight excluding hydrogens is 418 g/mol. The summed E-state index contributed by atoms with van der Waals surface area (Å²) in [6, 6.07) is 4.72. The lowest BCUT2D eigenvalue weighted by Gasteiger charge is -2.18. The number of carbonyl (C=O) groups is 2. The zero-order chi connectivity index (χ0) is 22.4. The van der Waals surface area contributed by atoms with Gasteiger partial charge in [0.15, 0.2) is 0 Å². The van der Waals surface area contributed by atoms with Crippen LogP contribution in [0.5, 0.6) is 11.5 Å². The number of hydrazone groups is 1. The van der Waals surface area contributed by atoms with Gasteiger partial charge in [0.05, 0.1) is 32.6 Å². The SMILES string of the molecule is CCOC(=O)c1c(NC(=O)N/N=C\c2cc(OC)ccc2OC)sc2c1CCC(C)C2. The van der Waals surface area contributed by atoms with Crippen molar-refractivity contribution in [3.8, 4) is 11.5 Å². The maximum Gasteiger partial charge on any atom is 0.341 e. The van der Waals surface area contributed by atoms with Crippen LogP contribution < -0.4 is 20.2 Å². The van der Waals surface area contributed by atoms with Gasteiger partial charge in [-0.1, -0.05) is 6.92 Å². The second kappa shape index (κ2) is 10.3. The topological polar surface area (TPSA) is 98.2 Å². The first-order valence-electron chi connectivity index (χ1n) is 10.1. The van der Waals surface area contributed by atoms with Crippen LogP contribution in [0.4, 0.5) is 9.80 Å². The molecular formula is C22H27N3O5S. The summed E-state index contributed by atoms with van der Waals surface area (Å²) in [4.78, 5) is 26.1. The van der Waals surface area contributed by atoms with Crippen molar-refractivity contribution in [1.29, 1.82) is 0 Å². The summed E-state index contributed by atoms with van der Waals surface area (Å²) in [5, 5.41) is 7.24. The number of nitrogens with one attached hydrogen (secondary N) is 2. The van der Waals surface area contributed by atoms with E-state index in [1.54, 1.807) is 39.3 Å². The highest BCUT2D eigenvalue weighted by Crippen LogP contribution is 2.40. The number of rotatable bonds is 7. The summed E-state index contributed by atoms with van der Waals surface area (Å²) in [6.07, 6.45) is 4.17. The predicted octanol–water partition coefficient (Wildman–Crippen LogP) is 4.22. The molecule has 1 heterocycles. The number of esters is 1. The Morgan fingerprint density at radius 3 is 2.81 bits per heavy atom. The van der Waals surface area contributed by atoms with Gasteiger partial charge in [-0.15, -0.1) is 11.3 Å². The highest BCUT2D eigenvalue weighted by molar-refractivity contribution is 7.17. The van der Waals surface area contributed by atoms with Crippen LogP contribution in [0.2, 0.25) is 0 Å². The van der Waals surface area contributed by atoms with Gasteiger partial charge in [-0.05, 0) is 55.9 Å². The van der Waals surface area contributed by atoms with Crippen LogP contribution in [0, 0.1) is 5.92 Å². The lowest BCUT2D eigenvalue weighted by molar-refractivity contribution is 0.0526. The second-order valence-electron chi connectivity index (χ2n) is 7.21. The summed E-state index contributed by atoms with van der Waals surface area (Å²) < 4.78 is 15.7. The minimum atomic E-state index is -0.546. The molecule has 8 nitrogen and oxygen atoms in total. The molecule has 0 saturated heterocycles. The van der Waals surface area contributed by atoms with E-state index in [1.807, 2.05) is 0 Å². The summed E-state index contributed by atoms with van der Waals surface area (Å²) >= 11 is 1.43. The molecule has 31 heavy (non-hydrogen) atoms. The molecule has 2 N–H and O–H groups in total. The Hall–Kier alpha value is -3.07. The van der Waals surface area contributed by atoms with E-state index in [1.165, 1.54) is 17.6 Å². The molecule has 0 bridgehead atoms. The summed E-state index contributed by atoms with van der Waals surface area (Å²) in [6.45, 7) is 4.23. The van der Waals surface area contributed by atoms with Crippen LogP contribution in [-0.4, -0.2) is 39.0 Å². The van der Waals surface area contributed by atoms with Crippen molar-refractivity contribution in [3.05, 3.63) is 39.8 Å². The average molecular weight is 446 g/mol. The molecule has 0 radical (unpaired) electrons. The molecule has 1 atom stereocenters. The molecule has 9 heteroatoms. The van der Waals surface area contributed by atoms with Crippen molar-refractivity contribution in [2.75, 3.05) is 26.1 Å². The molecule has 0 aliphatic heterocycles. The number of amides is 2. The highest BCUT2D eigenvalue weighted by atomic mass is 32.1. The fourth-order valence-corrected chi connectivity index (χ4v) is 4.88. The van der Waals surface area contributed by atoms with Gasteiger partial charge in [0.25, 0.3) is 0 Å². The van der Waals surface area contributed by atoms with E-state index in [4.69, 9.17) is 14.2 Å². The lowest BCUT2D eigenvalue weighted by Crippen LogP contribution is -2.25. The maximum absolute atomic E-state index is 12.5. The molecule has 1 aromatic heterocycles. The largest absolute Gasteiger partial charge is 0.497 e. The first-order chi connectivity index (χ1) is 15.0. The van der Waals surface area contributed by atoms with Crippen molar-refractivity contribution >= 4 is 34.6 Å². The van der Waals surface area contributed by atoms with Gasteiger partial charge in [0.1, 0.15) is 16.5 Å². The standard InChI is InChI=1S/C22H27N3O5S/c1-5-30-21(26)19-16-8-6-13(2)10-18(16)31-20(19)24-22(27)25-23-12-14-11-15(28-3)7-9-17(14)29-4/h7,9,11-13H,5-6,8,10H2,1-4H3,(H2,24,25,27)/b23-12-. The van der Waals surface area contributed by atoms with Gasteiger partial charge >= 0.3 is 12.0 Å². The van der Waals surface area contributed by atoms with Gasteiger partial charge in [-0.25, -0.2) is 15.0 Å². The predicted molar refractivity (Wildman–Crippen MR) is 121 cm³/mol. The molecule has 2 aromatic rings. The minimum absolute atomic E-state index is 0.276. The lowest BCUT2D eigenvalue weighted by atomic mass is 9.88. The van der Waals surface area contributed by atoms with E-state index in [-0.39, 0.29) is 6.61 Å². The van der Waals surface area contributed by atoms with E-state index in [0.29, 0.717) is 33.5 Å². The van der Waals surface area contributed by atoms with Crippen molar-refractivity contribution in [2.45, 2.75) is 33.1 Å². The van der Waals surface area contributed by atoms with Crippen molar-refractivity contribution < 1.29 is 23.8 Å². The molecule has 1 aromatic carbocycles. The Morgan fingerprint density at radius 2 is 2.10 bits per heavy atom. The average Bonchev–Trinajstić information content (AvgIpc) is 3.10. The zero-order valence-electron chi connectivity index (χ0n) is 18.1. The normalized spacial score (nSPS) is 15.3. The number of fused-ring (bicyclic) bond motifs is 1. The monoisotopic (exact) mass is 445 g/mol. The van der Waals surface area contributed by atoms with Crippen LogP contribution >= 0.6 is 11.3 Å². The molecule has 3 rings (SSSR count). The Bertz CT molecular complexity index is 986. The number of methoxy groups -OCH3 is 2. The Labute approximate surface area is 185 Å². The van der Waals surface area contributed by atoms with Crippen LogP contribution in [0.25, 0.3) is 0 Å². The third kappa shape index (κ3) is 5.35. The van der Waals surface area contributed by atoms with Crippen LogP contribution in [0.15, 0.2) is 23.3 Å². The van der Waals surface area contributed by atoms with Gasteiger partial charge in [-0.2, -0.15) is 5.10 Å². The van der Waals surface area contributed by atoms with Crippen molar-refractivity contribution in [1.82, 2.24) is 5.43 Å². The van der Waals surface area contributed by atoms with Gasteiger partial charge < -0.3 is 14.2 Å². The third-order valence-electron chi connectivity index (χ3n) is 5.02. The number of urea groups is 1. The van der Waals surface area contributed by atoms with E-state index in [0.717, 1.165) is 29.7 Å². The highest BCUT2D eigenvalue weighted by Gasteiger charge is 2.29. The first-order valence-corrected chi connectivity index (χ1v) is 10.9. The summed E-state index contributed by atoms with van der Waals surface area (Å²) in [5.41, 5.74) is 4.53. The number of hydrogen-bond acceptors (Lipinski definition) is 7. The Balaban J connectivity index is 1.75. The van der Waals surface area contributed by atoms with Crippen LogP contribution in [0.3, 0.4) is 0 Å². The molecule has 166 valence electrons. The number of benzene rings is 1. The van der Waals surface area contributed by atoms with E-state index >= 15 is 0 Å².